The van der Waals surface area contributed by atoms with Gasteiger partial charge in [0.1, 0.15) is 5.75 Å². The number of nitrogens with one attached hydrogen (secondary N) is 1. The molecule has 1 atom stereocenters. The van der Waals surface area contributed by atoms with Crippen molar-refractivity contribution in [3.63, 3.8) is 0 Å². The second kappa shape index (κ2) is 5.75. The molecule has 2 nitrogen and oxygen atoms in total. The van der Waals surface area contributed by atoms with Crippen molar-refractivity contribution >= 4 is 0 Å². The number of rotatable bonds is 4. The third-order valence-corrected chi connectivity index (χ3v) is 3.29. The molecule has 0 saturated carbocycles. The number of benzene rings is 1. The van der Waals surface area contributed by atoms with Crippen LogP contribution in [0.15, 0.2) is 12.1 Å². The van der Waals surface area contributed by atoms with Crippen LogP contribution in [0.2, 0.25) is 0 Å². The highest BCUT2D eigenvalue weighted by Gasteiger charge is 2.26. The van der Waals surface area contributed by atoms with E-state index in [9.17, 15) is 0 Å². The Morgan fingerprint density at radius 2 is 1.67 bits per heavy atom. The maximum Gasteiger partial charge on any atom is 0.124 e. The van der Waals surface area contributed by atoms with E-state index in [0.717, 1.165) is 12.3 Å². The lowest BCUT2D eigenvalue weighted by atomic mass is 9.81. The first-order chi connectivity index (χ1) is 8.31. The molecule has 0 aliphatic rings. The topological polar surface area (TPSA) is 21.3 Å². The van der Waals surface area contributed by atoms with E-state index < -0.39 is 0 Å². The van der Waals surface area contributed by atoms with Gasteiger partial charge in [-0.3, -0.25) is 0 Å². The zero-order valence-electron chi connectivity index (χ0n) is 12.8. The Morgan fingerprint density at radius 3 is 2.00 bits per heavy atom. The van der Waals surface area contributed by atoms with Crippen LogP contribution < -0.4 is 10.1 Å². The summed E-state index contributed by atoms with van der Waals surface area (Å²) >= 11 is 0. The molecule has 1 rings (SSSR count). The average molecular weight is 249 g/mol. The lowest BCUT2D eigenvalue weighted by Gasteiger charge is -2.32. The van der Waals surface area contributed by atoms with Crippen molar-refractivity contribution in [1.82, 2.24) is 5.32 Å². The molecule has 0 aliphatic heterocycles. The molecule has 0 bridgehead atoms. The van der Waals surface area contributed by atoms with Gasteiger partial charge in [-0.05, 0) is 42.5 Å². The standard InChI is InChI=1S/C16H27NO/c1-8-17-15(16(4,5)6)13-9-11(2)14(18-7)12(3)10-13/h9-10,15,17H,8H2,1-7H3. The van der Waals surface area contributed by atoms with Gasteiger partial charge in [-0.2, -0.15) is 0 Å². The first kappa shape index (κ1) is 15.0. The van der Waals surface area contributed by atoms with Gasteiger partial charge >= 0.3 is 0 Å². The summed E-state index contributed by atoms with van der Waals surface area (Å²) in [6.45, 7) is 14.2. The van der Waals surface area contributed by atoms with E-state index in [-0.39, 0.29) is 5.41 Å². The first-order valence-corrected chi connectivity index (χ1v) is 6.69. The SMILES string of the molecule is CCNC(c1cc(C)c(OC)c(C)c1)C(C)(C)C. The lowest BCUT2D eigenvalue weighted by Crippen LogP contribution is -2.32. The minimum absolute atomic E-state index is 0.198. The van der Waals surface area contributed by atoms with Crippen LogP contribution in [0.25, 0.3) is 0 Å². The molecular weight excluding hydrogens is 222 g/mol. The summed E-state index contributed by atoms with van der Waals surface area (Å²) in [6, 6.07) is 4.85. The van der Waals surface area contributed by atoms with Crippen LogP contribution in [0.4, 0.5) is 0 Å². The van der Waals surface area contributed by atoms with Gasteiger partial charge in [0.05, 0.1) is 7.11 Å². The van der Waals surface area contributed by atoms with Crippen molar-refractivity contribution in [2.75, 3.05) is 13.7 Å². The van der Waals surface area contributed by atoms with Gasteiger partial charge in [0.25, 0.3) is 0 Å². The summed E-state index contributed by atoms with van der Waals surface area (Å²) in [6.07, 6.45) is 0. The molecule has 0 fully saturated rings. The normalized spacial score (nSPS) is 13.5. The number of aryl methyl sites for hydroxylation is 2. The van der Waals surface area contributed by atoms with E-state index in [1.54, 1.807) is 7.11 Å². The Bertz CT molecular complexity index is 381. The van der Waals surface area contributed by atoms with Gasteiger partial charge in [-0.1, -0.05) is 39.8 Å². The van der Waals surface area contributed by atoms with Crippen LogP contribution in [0.3, 0.4) is 0 Å². The zero-order chi connectivity index (χ0) is 13.9. The quantitative estimate of drug-likeness (QED) is 0.870. The van der Waals surface area contributed by atoms with E-state index in [1.165, 1.54) is 16.7 Å². The Labute approximate surface area is 112 Å². The van der Waals surface area contributed by atoms with Crippen LogP contribution in [0, 0.1) is 19.3 Å². The Balaban J connectivity index is 3.22. The summed E-state index contributed by atoms with van der Waals surface area (Å²) in [4.78, 5) is 0. The third-order valence-electron chi connectivity index (χ3n) is 3.29. The predicted octanol–water partition coefficient (Wildman–Crippen LogP) is 4.01. The molecule has 102 valence electrons. The van der Waals surface area contributed by atoms with Crippen LogP contribution in [-0.4, -0.2) is 13.7 Å². The van der Waals surface area contributed by atoms with Crippen molar-refractivity contribution in [3.05, 3.63) is 28.8 Å². The highest BCUT2D eigenvalue weighted by molar-refractivity contribution is 5.44. The summed E-state index contributed by atoms with van der Waals surface area (Å²) in [5, 5.41) is 3.59. The molecule has 0 heterocycles. The van der Waals surface area contributed by atoms with Crippen molar-refractivity contribution in [2.24, 2.45) is 5.41 Å². The molecule has 2 heteroatoms. The molecular formula is C16H27NO. The lowest BCUT2D eigenvalue weighted by molar-refractivity contribution is 0.276. The molecule has 0 radical (unpaired) electrons. The van der Waals surface area contributed by atoms with Crippen LogP contribution in [0.1, 0.15) is 50.4 Å². The summed E-state index contributed by atoms with van der Waals surface area (Å²) < 4.78 is 5.44. The summed E-state index contributed by atoms with van der Waals surface area (Å²) in [5.41, 5.74) is 3.96. The predicted molar refractivity (Wildman–Crippen MR) is 78.3 cm³/mol. The largest absolute Gasteiger partial charge is 0.496 e. The van der Waals surface area contributed by atoms with Gasteiger partial charge < -0.3 is 10.1 Å². The second-order valence-corrected chi connectivity index (χ2v) is 6.04. The van der Waals surface area contributed by atoms with Crippen LogP contribution in [0.5, 0.6) is 5.75 Å². The molecule has 0 spiro atoms. The van der Waals surface area contributed by atoms with Gasteiger partial charge in [0, 0.05) is 6.04 Å². The fourth-order valence-corrected chi connectivity index (χ4v) is 2.60. The molecule has 0 aliphatic carbocycles. The first-order valence-electron chi connectivity index (χ1n) is 6.69. The molecule has 1 N–H and O–H groups in total. The van der Waals surface area contributed by atoms with E-state index in [2.05, 4.69) is 59.0 Å². The minimum Gasteiger partial charge on any atom is -0.496 e. The van der Waals surface area contributed by atoms with Crippen molar-refractivity contribution < 1.29 is 4.74 Å². The molecule has 1 aromatic carbocycles. The maximum atomic E-state index is 5.44. The van der Waals surface area contributed by atoms with Crippen LogP contribution >= 0.6 is 0 Å². The van der Waals surface area contributed by atoms with E-state index in [4.69, 9.17) is 4.74 Å². The van der Waals surface area contributed by atoms with E-state index >= 15 is 0 Å². The molecule has 18 heavy (non-hydrogen) atoms. The molecule has 1 aromatic rings. The number of hydrogen-bond donors (Lipinski definition) is 1. The van der Waals surface area contributed by atoms with E-state index in [1.807, 2.05) is 0 Å². The van der Waals surface area contributed by atoms with Crippen molar-refractivity contribution in [2.45, 2.75) is 47.6 Å². The Hall–Kier alpha value is -1.02. The van der Waals surface area contributed by atoms with Crippen LogP contribution in [-0.2, 0) is 0 Å². The molecule has 0 amide bonds. The second-order valence-electron chi connectivity index (χ2n) is 6.04. The third kappa shape index (κ3) is 3.26. The summed E-state index contributed by atoms with van der Waals surface area (Å²) in [7, 11) is 1.74. The van der Waals surface area contributed by atoms with Gasteiger partial charge in [-0.15, -0.1) is 0 Å². The van der Waals surface area contributed by atoms with Gasteiger partial charge in [0.2, 0.25) is 0 Å². The average Bonchev–Trinajstić information content (AvgIpc) is 2.23. The number of hydrogen-bond acceptors (Lipinski definition) is 2. The fourth-order valence-electron chi connectivity index (χ4n) is 2.60. The summed E-state index contributed by atoms with van der Waals surface area (Å²) in [5.74, 6) is 1.00. The maximum absolute atomic E-state index is 5.44. The zero-order valence-corrected chi connectivity index (χ0v) is 12.8. The number of ether oxygens (including phenoxy) is 1. The fraction of sp³-hybridized carbons (Fsp3) is 0.625. The smallest absolute Gasteiger partial charge is 0.124 e. The van der Waals surface area contributed by atoms with Crippen molar-refractivity contribution in [3.8, 4) is 5.75 Å². The Kier molecular flexibility index (Phi) is 4.80. The molecule has 1 unspecified atom stereocenters. The number of methoxy groups -OCH3 is 1. The Morgan fingerprint density at radius 1 is 1.17 bits per heavy atom. The van der Waals surface area contributed by atoms with Crippen molar-refractivity contribution in [1.29, 1.82) is 0 Å². The monoisotopic (exact) mass is 249 g/mol. The van der Waals surface area contributed by atoms with Gasteiger partial charge in [-0.25, -0.2) is 0 Å². The minimum atomic E-state index is 0.198. The molecule has 0 saturated heterocycles. The van der Waals surface area contributed by atoms with E-state index in [0.29, 0.717) is 6.04 Å². The van der Waals surface area contributed by atoms with Gasteiger partial charge in [0.15, 0.2) is 0 Å². The highest BCUT2D eigenvalue weighted by Crippen LogP contribution is 2.35. The highest BCUT2D eigenvalue weighted by atomic mass is 16.5. The molecule has 0 aromatic heterocycles.